The summed E-state index contributed by atoms with van der Waals surface area (Å²) in [5.74, 6) is -0.778. The van der Waals surface area contributed by atoms with Gasteiger partial charge in [0, 0.05) is 29.2 Å². The summed E-state index contributed by atoms with van der Waals surface area (Å²) < 4.78 is 13.7. The van der Waals surface area contributed by atoms with E-state index in [4.69, 9.17) is 0 Å². The van der Waals surface area contributed by atoms with Crippen LogP contribution in [0.1, 0.15) is 5.56 Å². The Hall–Kier alpha value is -1.95. The van der Waals surface area contributed by atoms with Crippen molar-refractivity contribution < 1.29 is 9.31 Å². The van der Waals surface area contributed by atoms with Crippen molar-refractivity contribution in [3.05, 3.63) is 56.5 Å². The van der Waals surface area contributed by atoms with E-state index in [1.54, 1.807) is 0 Å². The van der Waals surface area contributed by atoms with E-state index >= 15 is 0 Å². The predicted molar refractivity (Wildman–Crippen MR) is 64.7 cm³/mol. The van der Waals surface area contributed by atoms with Crippen LogP contribution in [0.3, 0.4) is 0 Å². The summed E-state index contributed by atoms with van der Waals surface area (Å²) in [5, 5.41) is 17.3. The van der Waals surface area contributed by atoms with Crippen LogP contribution in [0.2, 0.25) is 0 Å². The molecule has 0 atom stereocenters. The molecule has 0 fully saturated rings. The normalized spacial score (nSPS) is 10.2. The van der Waals surface area contributed by atoms with Crippen molar-refractivity contribution in [1.29, 1.82) is 0 Å². The van der Waals surface area contributed by atoms with Crippen LogP contribution in [0.4, 0.5) is 15.8 Å². The molecule has 2 rings (SSSR count). The molecule has 1 heterocycles. The molecular weight excluding hydrogens is 243 g/mol. The van der Waals surface area contributed by atoms with Crippen LogP contribution in [-0.4, -0.2) is 4.92 Å². The third-order valence-electron chi connectivity index (χ3n) is 2.26. The number of halogens is 1. The van der Waals surface area contributed by atoms with Gasteiger partial charge in [-0.15, -0.1) is 0 Å². The van der Waals surface area contributed by atoms with Gasteiger partial charge in [0.1, 0.15) is 0 Å². The topological polar surface area (TPSA) is 55.2 Å². The van der Waals surface area contributed by atoms with Crippen molar-refractivity contribution >= 4 is 22.7 Å². The van der Waals surface area contributed by atoms with E-state index in [9.17, 15) is 14.5 Å². The molecule has 1 aromatic carbocycles. The lowest BCUT2D eigenvalue weighted by atomic mass is 10.2. The number of nitro groups is 1. The van der Waals surface area contributed by atoms with Gasteiger partial charge < -0.3 is 5.32 Å². The van der Waals surface area contributed by atoms with Crippen molar-refractivity contribution in [2.24, 2.45) is 0 Å². The fourth-order valence-corrected chi connectivity index (χ4v) is 2.02. The van der Waals surface area contributed by atoms with Crippen LogP contribution in [0.5, 0.6) is 0 Å². The molecule has 0 spiro atoms. The molecule has 88 valence electrons. The van der Waals surface area contributed by atoms with E-state index in [-0.39, 0.29) is 12.1 Å². The zero-order valence-corrected chi connectivity index (χ0v) is 9.54. The molecule has 0 saturated carbocycles. The predicted octanol–water partition coefficient (Wildman–Crippen LogP) is 3.41. The second-order valence-electron chi connectivity index (χ2n) is 3.37. The zero-order chi connectivity index (χ0) is 12.3. The SMILES string of the molecule is O=[N+]([O-])c1cccc(CNc2ccsc2)c1F. The van der Waals surface area contributed by atoms with E-state index in [1.165, 1.54) is 23.5 Å². The molecular formula is C11H9FN2O2S. The summed E-state index contributed by atoms with van der Waals surface area (Å²) >= 11 is 1.52. The number of hydrogen-bond acceptors (Lipinski definition) is 4. The summed E-state index contributed by atoms with van der Waals surface area (Å²) in [6, 6.07) is 6.02. The highest BCUT2D eigenvalue weighted by molar-refractivity contribution is 7.08. The quantitative estimate of drug-likeness (QED) is 0.670. The number of hydrogen-bond donors (Lipinski definition) is 1. The lowest BCUT2D eigenvalue weighted by molar-refractivity contribution is -0.387. The molecule has 17 heavy (non-hydrogen) atoms. The third-order valence-corrected chi connectivity index (χ3v) is 2.94. The number of anilines is 1. The molecule has 6 heteroatoms. The maximum absolute atomic E-state index is 13.7. The van der Waals surface area contributed by atoms with Crippen LogP contribution in [0, 0.1) is 15.9 Å². The van der Waals surface area contributed by atoms with E-state index in [0.29, 0.717) is 0 Å². The lowest BCUT2D eigenvalue weighted by Crippen LogP contribution is -2.03. The Labute approximate surface area is 101 Å². The van der Waals surface area contributed by atoms with Gasteiger partial charge in [0.25, 0.3) is 0 Å². The molecule has 0 amide bonds. The average molecular weight is 252 g/mol. The number of nitrogens with one attached hydrogen (secondary N) is 1. The van der Waals surface area contributed by atoms with Gasteiger partial charge in [-0.25, -0.2) is 0 Å². The first-order chi connectivity index (χ1) is 8.18. The Morgan fingerprint density at radius 1 is 1.41 bits per heavy atom. The summed E-state index contributed by atoms with van der Waals surface area (Å²) in [4.78, 5) is 9.83. The fourth-order valence-electron chi connectivity index (χ4n) is 1.41. The molecule has 0 aliphatic heterocycles. The van der Waals surface area contributed by atoms with Crippen molar-refractivity contribution in [1.82, 2.24) is 0 Å². The van der Waals surface area contributed by atoms with Crippen LogP contribution < -0.4 is 5.32 Å². The van der Waals surface area contributed by atoms with Gasteiger partial charge >= 0.3 is 5.69 Å². The van der Waals surface area contributed by atoms with Gasteiger partial charge in [-0.1, -0.05) is 12.1 Å². The summed E-state index contributed by atoms with van der Waals surface area (Å²) in [7, 11) is 0. The van der Waals surface area contributed by atoms with Crippen LogP contribution in [0.15, 0.2) is 35.0 Å². The first-order valence-corrected chi connectivity index (χ1v) is 5.80. The Morgan fingerprint density at radius 2 is 2.24 bits per heavy atom. The number of nitro benzene ring substituents is 1. The third kappa shape index (κ3) is 2.59. The molecule has 1 N–H and O–H groups in total. The monoisotopic (exact) mass is 252 g/mol. The van der Waals surface area contributed by atoms with Crippen LogP contribution >= 0.6 is 11.3 Å². The fraction of sp³-hybridized carbons (Fsp3) is 0.0909. The Kier molecular flexibility index (Phi) is 3.34. The summed E-state index contributed by atoms with van der Waals surface area (Å²) in [6.45, 7) is 0.226. The lowest BCUT2D eigenvalue weighted by Gasteiger charge is -2.05. The van der Waals surface area contributed by atoms with E-state index in [2.05, 4.69) is 5.32 Å². The molecule has 2 aromatic rings. The maximum Gasteiger partial charge on any atom is 0.305 e. The largest absolute Gasteiger partial charge is 0.380 e. The standard InChI is InChI=1S/C11H9FN2O2S/c12-11-8(2-1-3-10(11)14(15)16)6-13-9-4-5-17-7-9/h1-5,7,13H,6H2. The summed E-state index contributed by atoms with van der Waals surface area (Å²) in [5.41, 5.74) is 0.668. The van der Waals surface area contributed by atoms with Crippen molar-refractivity contribution in [2.45, 2.75) is 6.54 Å². The highest BCUT2D eigenvalue weighted by Crippen LogP contribution is 2.21. The number of nitrogens with zero attached hydrogens (tertiary/aromatic N) is 1. The van der Waals surface area contributed by atoms with E-state index < -0.39 is 16.4 Å². The molecule has 0 aliphatic rings. The molecule has 0 bridgehead atoms. The molecule has 4 nitrogen and oxygen atoms in total. The molecule has 1 aromatic heterocycles. The van der Waals surface area contributed by atoms with Gasteiger partial charge in [0.2, 0.25) is 5.82 Å². The Morgan fingerprint density at radius 3 is 2.88 bits per heavy atom. The summed E-state index contributed by atoms with van der Waals surface area (Å²) in [6.07, 6.45) is 0. The number of rotatable bonds is 4. The second kappa shape index (κ2) is 4.92. The molecule has 0 aliphatic carbocycles. The van der Waals surface area contributed by atoms with Crippen molar-refractivity contribution in [3.63, 3.8) is 0 Å². The van der Waals surface area contributed by atoms with E-state index in [0.717, 1.165) is 11.8 Å². The van der Waals surface area contributed by atoms with Crippen LogP contribution in [0.25, 0.3) is 0 Å². The number of benzene rings is 1. The minimum atomic E-state index is -0.778. The highest BCUT2D eigenvalue weighted by atomic mass is 32.1. The van der Waals surface area contributed by atoms with Gasteiger partial charge in [-0.3, -0.25) is 10.1 Å². The smallest absolute Gasteiger partial charge is 0.305 e. The first-order valence-electron chi connectivity index (χ1n) is 4.86. The minimum absolute atomic E-state index is 0.226. The van der Waals surface area contributed by atoms with Gasteiger partial charge in [0.05, 0.1) is 4.92 Å². The van der Waals surface area contributed by atoms with E-state index in [1.807, 2.05) is 16.8 Å². The molecule has 0 saturated heterocycles. The van der Waals surface area contributed by atoms with Crippen molar-refractivity contribution in [2.75, 3.05) is 5.32 Å². The van der Waals surface area contributed by atoms with Gasteiger partial charge in [-0.05, 0) is 11.4 Å². The number of thiophene rings is 1. The Balaban J connectivity index is 2.16. The first kappa shape index (κ1) is 11.5. The van der Waals surface area contributed by atoms with Crippen molar-refractivity contribution in [3.8, 4) is 0 Å². The maximum atomic E-state index is 13.7. The minimum Gasteiger partial charge on any atom is -0.380 e. The second-order valence-corrected chi connectivity index (χ2v) is 4.15. The highest BCUT2D eigenvalue weighted by Gasteiger charge is 2.16. The zero-order valence-electron chi connectivity index (χ0n) is 8.72. The molecule has 0 unspecified atom stereocenters. The van der Waals surface area contributed by atoms with Gasteiger partial charge in [0.15, 0.2) is 0 Å². The Bertz CT molecular complexity index is 528. The average Bonchev–Trinajstić information content (AvgIpc) is 2.80. The van der Waals surface area contributed by atoms with Gasteiger partial charge in [-0.2, -0.15) is 15.7 Å². The van der Waals surface area contributed by atoms with Crippen LogP contribution in [-0.2, 0) is 6.54 Å². The molecule has 0 radical (unpaired) electrons.